The molecule has 0 saturated carbocycles. The van der Waals surface area contributed by atoms with Crippen LogP contribution in [0, 0.1) is 12.7 Å². The molecule has 0 radical (unpaired) electrons. The number of rotatable bonds is 3. The number of aliphatic imine (C=N–C) groups is 2. The third-order valence-electron chi connectivity index (χ3n) is 5.55. The van der Waals surface area contributed by atoms with Gasteiger partial charge in [0.05, 0.1) is 5.71 Å². The van der Waals surface area contributed by atoms with Crippen molar-refractivity contribution in [3.63, 3.8) is 0 Å². The van der Waals surface area contributed by atoms with Crippen LogP contribution < -0.4 is 5.32 Å². The topological polar surface area (TPSA) is 40.0 Å². The maximum absolute atomic E-state index is 13.6. The second-order valence-corrected chi connectivity index (χ2v) is 7.40. The largest absolute Gasteiger partial charge is 0.329 e. The maximum atomic E-state index is 13.6. The fourth-order valence-corrected chi connectivity index (χ4v) is 3.99. The Balaban J connectivity index is 1.56. The summed E-state index contributed by atoms with van der Waals surface area (Å²) in [6, 6.07) is 13.3. The van der Waals surface area contributed by atoms with Crippen LogP contribution in [0.3, 0.4) is 0 Å². The number of nitrogens with zero attached hydrogens (tertiary/aromatic N) is 3. The van der Waals surface area contributed by atoms with E-state index in [2.05, 4.69) is 34.5 Å². The first-order valence-corrected chi connectivity index (χ1v) is 9.53. The van der Waals surface area contributed by atoms with Crippen LogP contribution >= 0.6 is 0 Å². The lowest BCUT2D eigenvalue weighted by atomic mass is 9.99. The van der Waals surface area contributed by atoms with E-state index in [0.717, 1.165) is 42.0 Å². The van der Waals surface area contributed by atoms with Gasteiger partial charge in [0.1, 0.15) is 5.82 Å². The summed E-state index contributed by atoms with van der Waals surface area (Å²) in [6.45, 7) is 3.48. The molecule has 3 aliphatic rings. The Morgan fingerprint density at radius 3 is 2.86 bits per heavy atom. The lowest BCUT2D eigenvalue weighted by molar-refractivity contribution is 0.111. The first-order chi connectivity index (χ1) is 13.6. The van der Waals surface area contributed by atoms with Gasteiger partial charge in [-0.15, -0.1) is 0 Å². The molecule has 2 aromatic rings. The molecule has 1 aliphatic carbocycles. The Morgan fingerprint density at radius 2 is 2.00 bits per heavy atom. The van der Waals surface area contributed by atoms with Gasteiger partial charge in [0.25, 0.3) is 5.91 Å². The quantitative estimate of drug-likeness (QED) is 0.876. The maximum Gasteiger partial charge on any atom is 0.289 e. The predicted octanol–water partition coefficient (Wildman–Crippen LogP) is 4.24. The average Bonchev–Trinajstić information content (AvgIpc) is 3.17. The lowest BCUT2D eigenvalue weighted by Gasteiger charge is -2.42. The number of aryl methyl sites for hydroxylation is 1. The van der Waals surface area contributed by atoms with Crippen molar-refractivity contribution in [2.75, 3.05) is 11.9 Å². The van der Waals surface area contributed by atoms with Crippen molar-refractivity contribution in [1.82, 2.24) is 4.90 Å². The fraction of sp³-hybridized carbons (Fsp3) is 0.217. The zero-order valence-corrected chi connectivity index (χ0v) is 15.7. The van der Waals surface area contributed by atoms with Crippen LogP contribution in [0.15, 0.2) is 76.3 Å². The van der Waals surface area contributed by atoms with Gasteiger partial charge in [-0.2, -0.15) is 0 Å². The number of anilines is 1. The lowest BCUT2D eigenvalue weighted by Crippen LogP contribution is -2.55. The van der Waals surface area contributed by atoms with Gasteiger partial charge in [-0.25, -0.2) is 19.3 Å². The summed E-state index contributed by atoms with van der Waals surface area (Å²) in [5.74, 6) is -1.19. The smallest absolute Gasteiger partial charge is 0.289 e. The van der Waals surface area contributed by atoms with E-state index in [4.69, 9.17) is 9.98 Å². The molecule has 2 aromatic carbocycles. The Morgan fingerprint density at radius 1 is 1.14 bits per heavy atom. The number of fused-ring (bicyclic) bond motifs is 2. The molecule has 0 saturated heterocycles. The predicted molar refractivity (Wildman–Crippen MR) is 111 cm³/mol. The van der Waals surface area contributed by atoms with Gasteiger partial charge < -0.3 is 5.32 Å². The highest BCUT2D eigenvalue weighted by atomic mass is 19.1. The van der Waals surface area contributed by atoms with Crippen LogP contribution in [-0.2, 0) is 13.0 Å². The van der Waals surface area contributed by atoms with Gasteiger partial charge in [0, 0.05) is 30.6 Å². The van der Waals surface area contributed by atoms with Crippen LogP contribution in [0.5, 0.6) is 0 Å². The third-order valence-corrected chi connectivity index (χ3v) is 5.55. The molecule has 28 heavy (non-hydrogen) atoms. The zero-order valence-electron chi connectivity index (χ0n) is 15.7. The summed E-state index contributed by atoms with van der Waals surface area (Å²) >= 11 is 0. The second kappa shape index (κ2) is 6.53. The number of hydrogen-bond donors (Lipinski definition) is 1. The number of hydrogen-bond acceptors (Lipinski definition) is 4. The molecule has 140 valence electrons. The van der Waals surface area contributed by atoms with E-state index < -0.39 is 5.91 Å². The standard InChI is InChI=1S/C23H21FN4/c1-16-13-20(24)9-10-21(16)26-23(25-14-18-7-4-8-22(18)27-23)28-12-11-17-5-2-3-6-19(17)15-28/h2-10,13-14,26H,11-12,15H2,1H3. The minimum Gasteiger partial charge on any atom is -0.329 e. The van der Waals surface area contributed by atoms with Crippen molar-refractivity contribution in [2.24, 2.45) is 9.98 Å². The summed E-state index contributed by atoms with van der Waals surface area (Å²) in [5, 5.41) is 3.52. The van der Waals surface area contributed by atoms with E-state index >= 15 is 0 Å². The van der Waals surface area contributed by atoms with Crippen molar-refractivity contribution in [3.05, 3.63) is 88.8 Å². The SMILES string of the molecule is Cc1cc(F)ccc1NC1(N2CCc3ccccc3C2)N=CC2=CC=CC2=N1. The highest BCUT2D eigenvalue weighted by Gasteiger charge is 2.40. The van der Waals surface area contributed by atoms with Crippen molar-refractivity contribution in [3.8, 4) is 0 Å². The van der Waals surface area contributed by atoms with Crippen LogP contribution in [0.25, 0.3) is 0 Å². The first-order valence-electron chi connectivity index (χ1n) is 9.53. The molecule has 1 atom stereocenters. The summed E-state index contributed by atoms with van der Waals surface area (Å²) in [7, 11) is 0. The molecule has 1 N–H and O–H groups in total. The van der Waals surface area contributed by atoms with Crippen LogP contribution in [0.2, 0.25) is 0 Å². The van der Waals surface area contributed by atoms with Gasteiger partial charge in [0.15, 0.2) is 0 Å². The molecule has 2 heterocycles. The van der Waals surface area contributed by atoms with Crippen molar-refractivity contribution in [2.45, 2.75) is 25.8 Å². The molecular formula is C23H21FN4. The number of halogens is 1. The minimum absolute atomic E-state index is 0.244. The molecule has 5 heteroatoms. The summed E-state index contributed by atoms with van der Waals surface area (Å²) in [6.07, 6.45) is 8.84. The summed E-state index contributed by atoms with van der Waals surface area (Å²) < 4.78 is 13.6. The molecule has 0 amide bonds. The number of nitrogens with one attached hydrogen (secondary N) is 1. The van der Waals surface area contributed by atoms with Gasteiger partial charge in [-0.1, -0.05) is 36.4 Å². The molecule has 0 aromatic heterocycles. The Labute approximate surface area is 163 Å². The Kier molecular flexibility index (Phi) is 3.98. The van der Waals surface area contributed by atoms with E-state index in [1.54, 1.807) is 6.07 Å². The molecule has 0 spiro atoms. The van der Waals surface area contributed by atoms with E-state index in [-0.39, 0.29) is 5.82 Å². The monoisotopic (exact) mass is 372 g/mol. The van der Waals surface area contributed by atoms with Crippen molar-refractivity contribution in [1.29, 1.82) is 0 Å². The molecule has 2 aliphatic heterocycles. The van der Waals surface area contributed by atoms with E-state index in [0.29, 0.717) is 0 Å². The average molecular weight is 372 g/mol. The molecule has 5 rings (SSSR count). The highest BCUT2D eigenvalue weighted by molar-refractivity contribution is 6.24. The molecular weight excluding hydrogens is 351 g/mol. The van der Waals surface area contributed by atoms with Crippen LogP contribution in [-0.4, -0.2) is 29.3 Å². The second-order valence-electron chi connectivity index (χ2n) is 7.40. The van der Waals surface area contributed by atoms with Crippen molar-refractivity contribution >= 4 is 17.6 Å². The normalized spacial score (nSPS) is 23.1. The molecule has 0 fully saturated rings. The zero-order chi connectivity index (χ0) is 19.1. The van der Waals surface area contributed by atoms with E-state index in [1.165, 1.54) is 23.3 Å². The summed E-state index contributed by atoms with van der Waals surface area (Å²) in [4.78, 5) is 12.1. The first kappa shape index (κ1) is 17.1. The fourth-order valence-electron chi connectivity index (χ4n) is 3.99. The van der Waals surface area contributed by atoms with Crippen molar-refractivity contribution < 1.29 is 4.39 Å². The van der Waals surface area contributed by atoms with E-state index in [9.17, 15) is 4.39 Å². The van der Waals surface area contributed by atoms with Gasteiger partial charge in [0.2, 0.25) is 0 Å². The van der Waals surface area contributed by atoms with Crippen LogP contribution in [0.4, 0.5) is 10.1 Å². The Hall–Kier alpha value is -3.05. The summed E-state index contributed by atoms with van der Waals surface area (Å²) in [5.41, 5.74) is 6.27. The molecule has 1 unspecified atom stereocenters. The highest BCUT2D eigenvalue weighted by Crippen LogP contribution is 2.33. The van der Waals surface area contributed by atoms with Gasteiger partial charge in [-0.3, -0.25) is 0 Å². The Bertz CT molecular complexity index is 1070. The van der Waals surface area contributed by atoms with Gasteiger partial charge in [-0.05, 0) is 54.3 Å². The minimum atomic E-state index is -0.947. The number of allylic oxidation sites excluding steroid dienone is 4. The number of benzene rings is 2. The third kappa shape index (κ3) is 2.88. The van der Waals surface area contributed by atoms with Crippen LogP contribution in [0.1, 0.15) is 16.7 Å². The molecule has 4 nitrogen and oxygen atoms in total. The molecule has 0 bridgehead atoms. The van der Waals surface area contributed by atoms with E-state index in [1.807, 2.05) is 31.4 Å². The van der Waals surface area contributed by atoms with Gasteiger partial charge >= 0.3 is 0 Å².